The van der Waals surface area contributed by atoms with Crippen LogP contribution in [0.15, 0.2) is 24.3 Å². The van der Waals surface area contributed by atoms with E-state index in [9.17, 15) is 0 Å². The highest BCUT2D eigenvalue weighted by atomic mass is 15.0. The first-order valence-electron chi connectivity index (χ1n) is 4.53. The summed E-state index contributed by atoms with van der Waals surface area (Å²) >= 11 is 0. The van der Waals surface area contributed by atoms with E-state index in [1.807, 2.05) is 19.1 Å². The van der Waals surface area contributed by atoms with E-state index in [1.165, 1.54) is 11.1 Å². The second kappa shape index (κ2) is 2.67. The number of benzene rings is 1. The van der Waals surface area contributed by atoms with E-state index in [2.05, 4.69) is 24.4 Å². The van der Waals surface area contributed by atoms with Gasteiger partial charge in [-0.3, -0.25) is 5.32 Å². The quantitative estimate of drug-likeness (QED) is 0.628. The standard InChI is InChI=1S/C11H14N2/c1-8(12)11(2)10-6-4-3-5-9(10)7-13-11/h3-6,12-13H,7H2,1-2H3. The molecule has 0 saturated carbocycles. The molecule has 0 fully saturated rings. The summed E-state index contributed by atoms with van der Waals surface area (Å²) in [6, 6.07) is 8.31. The molecule has 0 aromatic heterocycles. The van der Waals surface area contributed by atoms with Gasteiger partial charge in [-0.15, -0.1) is 0 Å². The Kier molecular flexibility index (Phi) is 1.74. The molecule has 2 rings (SSSR count). The Hall–Kier alpha value is -1.15. The highest BCUT2D eigenvalue weighted by Gasteiger charge is 2.35. The van der Waals surface area contributed by atoms with E-state index in [-0.39, 0.29) is 5.54 Å². The minimum absolute atomic E-state index is 0.239. The molecule has 13 heavy (non-hydrogen) atoms. The fourth-order valence-corrected chi connectivity index (χ4v) is 1.86. The van der Waals surface area contributed by atoms with Crippen LogP contribution in [0.4, 0.5) is 0 Å². The van der Waals surface area contributed by atoms with Crippen molar-refractivity contribution in [2.75, 3.05) is 0 Å². The number of fused-ring (bicyclic) bond motifs is 1. The van der Waals surface area contributed by atoms with Crippen molar-refractivity contribution >= 4 is 5.71 Å². The monoisotopic (exact) mass is 174 g/mol. The van der Waals surface area contributed by atoms with Gasteiger partial charge in [-0.25, -0.2) is 0 Å². The van der Waals surface area contributed by atoms with Crippen LogP contribution < -0.4 is 5.32 Å². The lowest BCUT2D eigenvalue weighted by Gasteiger charge is -2.24. The number of rotatable bonds is 1. The van der Waals surface area contributed by atoms with Crippen LogP contribution in [-0.4, -0.2) is 5.71 Å². The molecular weight excluding hydrogens is 160 g/mol. The zero-order valence-corrected chi connectivity index (χ0v) is 8.02. The van der Waals surface area contributed by atoms with E-state index in [0.717, 1.165) is 6.54 Å². The van der Waals surface area contributed by atoms with Crippen molar-refractivity contribution < 1.29 is 0 Å². The Bertz CT molecular complexity index is 357. The van der Waals surface area contributed by atoms with Crippen molar-refractivity contribution in [3.63, 3.8) is 0 Å². The van der Waals surface area contributed by atoms with E-state index >= 15 is 0 Å². The topological polar surface area (TPSA) is 35.9 Å². The van der Waals surface area contributed by atoms with Crippen molar-refractivity contribution in [1.29, 1.82) is 5.41 Å². The van der Waals surface area contributed by atoms with Crippen LogP contribution >= 0.6 is 0 Å². The van der Waals surface area contributed by atoms with Crippen LogP contribution in [0.5, 0.6) is 0 Å². The summed E-state index contributed by atoms with van der Waals surface area (Å²) in [7, 11) is 0. The van der Waals surface area contributed by atoms with E-state index in [0.29, 0.717) is 5.71 Å². The predicted octanol–water partition coefficient (Wildman–Crippen LogP) is 2.04. The van der Waals surface area contributed by atoms with E-state index in [1.54, 1.807) is 0 Å². The summed E-state index contributed by atoms with van der Waals surface area (Å²) in [5.74, 6) is 0. The molecule has 2 heteroatoms. The van der Waals surface area contributed by atoms with Crippen molar-refractivity contribution in [1.82, 2.24) is 5.32 Å². The third-order valence-corrected chi connectivity index (χ3v) is 2.94. The normalized spacial score (nSPS) is 25.7. The molecule has 1 atom stereocenters. The minimum Gasteiger partial charge on any atom is -0.308 e. The van der Waals surface area contributed by atoms with Crippen LogP contribution in [-0.2, 0) is 12.1 Å². The molecule has 0 saturated heterocycles. The molecule has 0 bridgehead atoms. The molecule has 68 valence electrons. The average molecular weight is 174 g/mol. The van der Waals surface area contributed by atoms with Gasteiger partial charge in [0.2, 0.25) is 0 Å². The Morgan fingerprint density at radius 1 is 1.46 bits per heavy atom. The Labute approximate surface area is 78.5 Å². The average Bonchev–Trinajstić information content (AvgIpc) is 2.47. The molecule has 1 aromatic carbocycles. The first-order chi connectivity index (χ1) is 6.14. The summed E-state index contributed by atoms with van der Waals surface area (Å²) < 4.78 is 0. The van der Waals surface area contributed by atoms with Gasteiger partial charge >= 0.3 is 0 Å². The van der Waals surface area contributed by atoms with Gasteiger partial charge in [0.25, 0.3) is 0 Å². The summed E-state index contributed by atoms with van der Waals surface area (Å²) in [4.78, 5) is 0. The van der Waals surface area contributed by atoms with Crippen molar-refractivity contribution in [2.24, 2.45) is 0 Å². The van der Waals surface area contributed by atoms with Crippen molar-refractivity contribution in [3.05, 3.63) is 35.4 Å². The molecular formula is C11H14N2. The summed E-state index contributed by atoms with van der Waals surface area (Å²) in [5.41, 5.74) is 3.01. The Morgan fingerprint density at radius 2 is 2.15 bits per heavy atom. The fraction of sp³-hybridized carbons (Fsp3) is 0.364. The number of nitrogens with one attached hydrogen (secondary N) is 2. The predicted molar refractivity (Wildman–Crippen MR) is 54.0 cm³/mol. The zero-order chi connectivity index (χ0) is 9.47. The molecule has 0 spiro atoms. The molecule has 2 nitrogen and oxygen atoms in total. The molecule has 1 aliphatic rings. The van der Waals surface area contributed by atoms with Crippen LogP contribution in [0, 0.1) is 5.41 Å². The van der Waals surface area contributed by atoms with Gasteiger partial charge in [0.1, 0.15) is 0 Å². The highest BCUT2D eigenvalue weighted by molar-refractivity contribution is 5.90. The number of hydrogen-bond acceptors (Lipinski definition) is 2. The lowest BCUT2D eigenvalue weighted by atomic mass is 9.89. The molecule has 1 heterocycles. The van der Waals surface area contributed by atoms with Crippen LogP contribution in [0.25, 0.3) is 0 Å². The maximum Gasteiger partial charge on any atom is 0.0791 e. The fourth-order valence-electron chi connectivity index (χ4n) is 1.86. The highest BCUT2D eigenvalue weighted by Crippen LogP contribution is 2.31. The van der Waals surface area contributed by atoms with Crippen molar-refractivity contribution in [2.45, 2.75) is 25.9 Å². The zero-order valence-electron chi connectivity index (χ0n) is 8.02. The Balaban J connectivity index is 2.55. The van der Waals surface area contributed by atoms with Gasteiger partial charge in [0.15, 0.2) is 0 Å². The molecule has 2 N–H and O–H groups in total. The maximum atomic E-state index is 7.76. The third kappa shape index (κ3) is 1.10. The van der Waals surface area contributed by atoms with Gasteiger partial charge in [0.05, 0.1) is 5.54 Å². The lowest BCUT2D eigenvalue weighted by molar-refractivity contribution is 0.529. The molecule has 1 aromatic rings. The summed E-state index contributed by atoms with van der Waals surface area (Å²) in [6.45, 7) is 4.80. The van der Waals surface area contributed by atoms with Crippen LogP contribution in [0.2, 0.25) is 0 Å². The minimum atomic E-state index is -0.239. The van der Waals surface area contributed by atoms with Crippen LogP contribution in [0.3, 0.4) is 0 Å². The van der Waals surface area contributed by atoms with E-state index < -0.39 is 0 Å². The van der Waals surface area contributed by atoms with Gasteiger partial charge in [0, 0.05) is 12.3 Å². The smallest absolute Gasteiger partial charge is 0.0791 e. The third-order valence-electron chi connectivity index (χ3n) is 2.94. The second-order valence-corrected chi connectivity index (χ2v) is 3.76. The first-order valence-corrected chi connectivity index (χ1v) is 4.53. The van der Waals surface area contributed by atoms with Gasteiger partial charge in [-0.2, -0.15) is 0 Å². The summed E-state index contributed by atoms with van der Waals surface area (Å²) in [6.07, 6.45) is 0. The van der Waals surface area contributed by atoms with Crippen molar-refractivity contribution in [3.8, 4) is 0 Å². The molecule has 1 unspecified atom stereocenters. The lowest BCUT2D eigenvalue weighted by Crippen LogP contribution is -2.39. The van der Waals surface area contributed by atoms with Gasteiger partial charge in [-0.1, -0.05) is 24.3 Å². The molecule has 0 aliphatic carbocycles. The maximum absolute atomic E-state index is 7.76. The first kappa shape index (κ1) is 8.45. The van der Waals surface area contributed by atoms with E-state index in [4.69, 9.17) is 5.41 Å². The van der Waals surface area contributed by atoms with Gasteiger partial charge in [-0.05, 0) is 25.0 Å². The van der Waals surface area contributed by atoms with Crippen LogP contribution in [0.1, 0.15) is 25.0 Å². The largest absolute Gasteiger partial charge is 0.308 e. The van der Waals surface area contributed by atoms with Gasteiger partial charge < -0.3 is 5.41 Å². The molecule has 0 radical (unpaired) electrons. The molecule has 0 amide bonds. The SMILES string of the molecule is CC(=N)C1(C)NCc2ccccc21. The number of hydrogen-bond donors (Lipinski definition) is 2. The molecule has 1 aliphatic heterocycles. The summed E-state index contributed by atoms with van der Waals surface area (Å²) in [5, 5.41) is 11.1. The second-order valence-electron chi connectivity index (χ2n) is 3.76. The Morgan fingerprint density at radius 3 is 2.85 bits per heavy atom.